The quantitative estimate of drug-likeness (QED) is 0.889. The van der Waals surface area contributed by atoms with Crippen LogP contribution in [0.25, 0.3) is 0 Å². The van der Waals surface area contributed by atoms with Gasteiger partial charge in [-0.05, 0) is 54.2 Å². The van der Waals surface area contributed by atoms with E-state index in [1.54, 1.807) is 0 Å². The standard InChI is InChI=1S/C14H19NOS/c1-2-14(16-9-11-4-6-17-10-11)7-13-8-15-5-3-12(1)13/h1-2,7,11,15H,3-6,8-10H2. The van der Waals surface area contributed by atoms with Crippen LogP contribution in [-0.4, -0.2) is 24.7 Å². The van der Waals surface area contributed by atoms with E-state index in [-0.39, 0.29) is 0 Å². The zero-order valence-corrected chi connectivity index (χ0v) is 10.9. The van der Waals surface area contributed by atoms with E-state index in [0.717, 1.165) is 37.8 Å². The van der Waals surface area contributed by atoms with E-state index in [1.807, 2.05) is 0 Å². The predicted octanol–water partition coefficient (Wildman–Crippen LogP) is 2.46. The van der Waals surface area contributed by atoms with Gasteiger partial charge in [0.25, 0.3) is 0 Å². The summed E-state index contributed by atoms with van der Waals surface area (Å²) in [5.74, 6) is 4.38. The Bertz CT molecular complexity index is 388. The number of fused-ring (bicyclic) bond motifs is 1. The first-order chi connectivity index (χ1) is 8.42. The third-order valence-corrected chi connectivity index (χ3v) is 4.81. The maximum Gasteiger partial charge on any atom is 0.119 e. The number of rotatable bonds is 3. The highest BCUT2D eigenvalue weighted by molar-refractivity contribution is 7.99. The predicted molar refractivity (Wildman–Crippen MR) is 72.8 cm³/mol. The molecule has 2 nitrogen and oxygen atoms in total. The van der Waals surface area contributed by atoms with Gasteiger partial charge in [0.1, 0.15) is 5.75 Å². The van der Waals surface area contributed by atoms with Gasteiger partial charge in [-0.25, -0.2) is 0 Å². The van der Waals surface area contributed by atoms with E-state index >= 15 is 0 Å². The highest BCUT2D eigenvalue weighted by Crippen LogP contribution is 2.25. The average molecular weight is 249 g/mol. The zero-order valence-electron chi connectivity index (χ0n) is 10.1. The molecule has 1 atom stereocenters. The Hall–Kier alpha value is -0.670. The minimum Gasteiger partial charge on any atom is -0.493 e. The van der Waals surface area contributed by atoms with Crippen LogP contribution >= 0.6 is 11.8 Å². The second-order valence-corrected chi connectivity index (χ2v) is 6.05. The molecule has 3 rings (SSSR count). The molecule has 1 fully saturated rings. The molecule has 0 radical (unpaired) electrons. The Labute approximate surface area is 107 Å². The topological polar surface area (TPSA) is 21.3 Å². The SMILES string of the molecule is c1cc2c(cc1OCC1CCSC1)CNCC2. The van der Waals surface area contributed by atoms with Crippen molar-refractivity contribution in [2.75, 3.05) is 24.7 Å². The van der Waals surface area contributed by atoms with Crippen molar-refractivity contribution < 1.29 is 4.74 Å². The lowest BCUT2D eigenvalue weighted by Crippen LogP contribution is -2.23. The summed E-state index contributed by atoms with van der Waals surface area (Å²) in [6.45, 7) is 2.98. The molecule has 0 bridgehead atoms. The third-order valence-electron chi connectivity index (χ3n) is 3.57. The van der Waals surface area contributed by atoms with E-state index in [0.29, 0.717) is 0 Å². The molecule has 2 aliphatic rings. The monoisotopic (exact) mass is 249 g/mol. The van der Waals surface area contributed by atoms with Crippen LogP contribution in [0.1, 0.15) is 17.5 Å². The van der Waals surface area contributed by atoms with Gasteiger partial charge >= 0.3 is 0 Å². The average Bonchev–Trinajstić information content (AvgIpc) is 2.89. The van der Waals surface area contributed by atoms with Crippen LogP contribution < -0.4 is 10.1 Å². The molecule has 1 N–H and O–H groups in total. The molecule has 2 heterocycles. The first-order valence-electron chi connectivity index (χ1n) is 6.45. The van der Waals surface area contributed by atoms with Gasteiger partial charge in [0.2, 0.25) is 0 Å². The number of benzene rings is 1. The molecule has 1 saturated heterocycles. The molecule has 1 aromatic rings. The van der Waals surface area contributed by atoms with Gasteiger partial charge < -0.3 is 10.1 Å². The van der Waals surface area contributed by atoms with Crippen molar-refractivity contribution in [1.29, 1.82) is 0 Å². The maximum atomic E-state index is 5.91. The second kappa shape index (κ2) is 5.32. The van der Waals surface area contributed by atoms with Crippen LogP contribution in [0, 0.1) is 5.92 Å². The van der Waals surface area contributed by atoms with E-state index < -0.39 is 0 Å². The highest BCUT2D eigenvalue weighted by Gasteiger charge is 2.16. The zero-order chi connectivity index (χ0) is 11.5. The van der Waals surface area contributed by atoms with E-state index in [4.69, 9.17) is 4.74 Å². The highest BCUT2D eigenvalue weighted by atomic mass is 32.2. The Morgan fingerprint density at radius 1 is 1.35 bits per heavy atom. The molecule has 17 heavy (non-hydrogen) atoms. The van der Waals surface area contributed by atoms with Gasteiger partial charge in [0.15, 0.2) is 0 Å². The Kier molecular flexibility index (Phi) is 3.57. The maximum absolute atomic E-state index is 5.91. The van der Waals surface area contributed by atoms with Crippen LogP contribution in [-0.2, 0) is 13.0 Å². The minimum absolute atomic E-state index is 0.758. The van der Waals surface area contributed by atoms with Crippen molar-refractivity contribution in [3.63, 3.8) is 0 Å². The van der Waals surface area contributed by atoms with Crippen LogP contribution in [0.5, 0.6) is 5.75 Å². The van der Waals surface area contributed by atoms with E-state index in [1.165, 1.54) is 29.1 Å². The fraction of sp³-hybridized carbons (Fsp3) is 0.571. The van der Waals surface area contributed by atoms with Gasteiger partial charge in [0, 0.05) is 12.5 Å². The number of ether oxygens (including phenoxy) is 1. The lowest BCUT2D eigenvalue weighted by molar-refractivity contribution is 0.263. The van der Waals surface area contributed by atoms with Crippen molar-refractivity contribution >= 4 is 11.8 Å². The van der Waals surface area contributed by atoms with Crippen LogP contribution in [0.2, 0.25) is 0 Å². The summed E-state index contributed by atoms with van der Waals surface area (Å²) in [5.41, 5.74) is 2.89. The fourth-order valence-electron chi connectivity index (χ4n) is 2.48. The van der Waals surface area contributed by atoms with Crippen molar-refractivity contribution in [2.24, 2.45) is 5.92 Å². The molecule has 92 valence electrons. The number of hydrogen-bond donors (Lipinski definition) is 1. The summed E-state index contributed by atoms with van der Waals surface area (Å²) in [4.78, 5) is 0. The number of nitrogens with one attached hydrogen (secondary N) is 1. The fourth-order valence-corrected chi connectivity index (χ4v) is 3.74. The minimum atomic E-state index is 0.758. The largest absolute Gasteiger partial charge is 0.493 e. The summed E-state index contributed by atoms with van der Waals surface area (Å²) in [6.07, 6.45) is 2.46. The first-order valence-corrected chi connectivity index (χ1v) is 7.60. The molecule has 0 aromatic heterocycles. The van der Waals surface area contributed by atoms with Crippen LogP contribution in [0.4, 0.5) is 0 Å². The first kappa shape index (κ1) is 11.4. The second-order valence-electron chi connectivity index (χ2n) is 4.90. The molecule has 2 aliphatic heterocycles. The van der Waals surface area contributed by atoms with Crippen LogP contribution in [0.15, 0.2) is 18.2 Å². The van der Waals surface area contributed by atoms with Crippen molar-refractivity contribution in [2.45, 2.75) is 19.4 Å². The van der Waals surface area contributed by atoms with Crippen molar-refractivity contribution in [3.8, 4) is 5.75 Å². The van der Waals surface area contributed by atoms with E-state index in [9.17, 15) is 0 Å². The van der Waals surface area contributed by atoms with E-state index in [2.05, 4.69) is 35.3 Å². The van der Waals surface area contributed by atoms with Gasteiger partial charge in [-0.1, -0.05) is 6.07 Å². The summed E-state index contributed by atoms with van der Waals surface area (Å²) in [7, 11) is 0. The normalized spacial score (nSPS) is 23.4. The van der Waals surface area contributed by atoms with Crippen LogP contribution in [0.3, 0.4) is 0 Å². The molecule has 0 saturated carbocycles. The Morgan fingerprint density at radius 3 is 3.24 bits per heavy atom. The number of hydrogen-bond acceptors (Lipinski definition) is 3. The molecule has 1 aromatic carbocycles. The summed E-state index contributed by atoms with van der Waals surface area (Å²) in [6, 6.07) is 6.57. The number of thioether (sulfide) groups is 1. The van der Waals surface area contributed by atoms with Gasteiger partial charge in [-0.15, -0.1) is 0 Å². The van der Waals surface area contributed by atoms with Crippen molar-refractivity contribution in [3.05, 3.63) is 29.3 Å². The molecule has 0 spiro atoms. The Morgan fingerprint density at radius 2 is 2.35 bits per heavy atom. The smallest absolute Gasteiger partial charge is 0.119 e. The summed E-state index contributed by atoms with van der Waals surface area (Å²) < 4.78 is 5.91. The Balaban J connectivity index is 1.62. The summed E-state index contributed by atoms with van der Waals surface area (Å²) in [5, 5.41) is 3.41. The molecule has 0 amide bonds. The van der Waals surface area contributed by atoms with Gasteiger partial charge in [-0.3, -0.25) is 0 Å². The van der Waals surface area contributed by atoms with Crippen molar-refractivity contribution in [1.82, 2.24) is 5.32 Å². The molecule has 0 aliphatic carbocycles. The molecular weight excluding hydrogens is 230 g/mol. The lowest BCUT2D eigenvalue weighted by atomic mass is 10.0. The summed E-state index contributed by atoms with van der Waals surface area (Å²) >= 11 is 2.05. The molecular formula is C14H19NOS. The third kappa shape index (κ3) is 2.78. The molecule has 1 unspecified atom stereocenters. The van der Waals surface area contributed by atoms with Gasteiger partial charge in [-0.2, -0.15) is 11.8 Å². The van der Waals surface area contributed by atoms with Gasteiger partial charge in [0.05, 0.1) is 6.61 Å². The lowest BCUT2D eigenvalue weighted by Gasteiger charge is -2.18. The molecule has 3 heteroatoms.